The zero-order valence-electron chi connectivity index (χ0n) is 11.7. The average Bonchev–Trinajstić information content (AvgIpc) is 2.91. The van der Waals surface area contributed by atoms with Crippen LogP contribution in [-0.4, -0.2) is 37.6 Å². The van der Waals surface area contributed by atoms with Gasteiger partial charge >= 0.3 is 0 Å². The molecular weight excluding hydrogens is 184 g/mol. The van der Waals surface area contributed by atoms with E-state index in [2.05, 4.69) is 31.2 Å². The zero-order valence-corrected chi connectivity index (χ0v) is 11.7. The molecule has 1 aliphatic heterocycles. The molecule has 2 rings (SSSR count). The lowest BCUT2D eigenvalue weighted by molar-refractivity contribution is 0.286. The van der Waals surface area contributed by atoms with Crippen LogP contribution < -0.4 is 5.32 Å². The van der Waals surface area contributed by atoms with Gasteiger partial charge in [0.1, 0.15) is 0 Å². The van der Waals surface area contributed by atoms with E-state index in [1.165, 1.54) is 19.4 Å². The van der Waals surface area contributed by atoms with E-state index in [9.17, 15) is 0 Å². The van der Waals surface area contributed by atoms with Crippen molar-refractivity contribution < 1.29 is 0 Å². The molecule has 3 unspecified atom stereocenters. The second-order valence-electron chi connectivity index (χ2n) is 4.33. The molecule has 0 radical (unpaired) electrons. The van der Waals surface area contributed by atoms with Gasteiger partial charge in [-0.25, -0.2) is 0 Å². The summed E-state index contributed by atoms with van der Waals surface area (Å²) in [5.74, 6) is 0. The maximum absolute atomic E-state index is 3.31. The predicted molar refractivity (Wildman–Crippen MR) is 69.3 cm³/mol. The van der Waals surface area contributed by atoms with E-state index < -0.39 is 0 Å². The van der Waals surface area contributed by atoms with Crippen molar-refractivity contribution in [1.29, 1.82) is 0 Å². The highest BCUT2D eigenvalue weighted by Crippen LogP contribution is 2.58. The lowest BCUT2D eigenvalue weighted by Gasteiger charge is -2.17. The van der Waals surface area contributed by atoms with E-state index in [0.29, 0.717) is 5.41 Å². The minimum Gasteiger partial charge on any atom is -0.319 e. The summed E-state index contributed by atoms with van der Waals surface area (Å²) in [4.78, 5) is 2.54. The van der Waals surface area contributed by atoms with Crippen molar-refractivity contribution in [2.24, 2.45) is 5.41 Å². The summed E-state index contributed by atoms with van der Waals surface area (Å²) in [6, 6.07) is 1.70. The summed E-state index contributed by atoms with van der Waals surface area (Å²) >= 11 is 0. The number of fused-ring (bicyclic) bond motifs is 1. The maximum atomic E-state index is 3.31. The van der Waals surface area contributed by atoms with Gasteiger partial charge in [0.25, 0.3) is 0 Å². The second-order valence-corrected chi connectivity index (χ2v) is 4.33. The van der Waals surface area contributed by atoms with E-state index in [4.69, 9.17) is 0 Å². The van der Waals surface area contributed by atoms with Crippen molar-refractivity contribution in [2.75, 3.05) is 20.6 Å². The lowest BCUT2D eigenvalue weighted by atomic mass is 10.0. The zero-order chi connectivity index (χ0) is 12.1. The van der Waals surface area contributed by atoms with Crippen LogP contribution in [0.15, 0.2) is 0 Å². The summed E-state index contributed by atoms with van der Waals surface area (Å²) in [5, 5.41) is 3.31. The molecule has 0 aromatic heterocycles. The van der Waals surface area contributed by atoms with Crippen LogP contribution in [0.1, 0.15) is 47.5 Å². The van der Waals surface area contributed by atoms with Crippen LogP contribution in [-0.2, 0) is 0 Å². The molecule has 92 valence electrons. The second kappa shape index (κ2) is 6.49. The highest BCUT2D eigenvalue weighted by atomic mass is 15.3. The molecule has 0 aromatic rings. The minimum absolute atomic E-state index is 0.670. The molecule has 0 bridgehead atoms. The normalized spacial score (nSPS) is 37.0. The number of rotatable bonds is 2. The first-order chi connectivity index (χ1) is 7.19. The first-order valence-corrected chi connectivity index (χ1v) is 6.56. The summed E-state index contributed by atoms with van der Waals surface area (Å²) in [5.41, 5.74) is 0.670. The van der Waals surface area contributed by atoms with E-state index in [0.717, 1.165) is 12.1 Å². The van der Waals surface area contributed by atoms with Gasteiger partial charge in [-0.15, -0.1) is 0 Å². The molecule has 1 N–H and O–H groups in total. The molecule has 1 heterocycles. The largest absolute Gasteiger partial charge is 0.319 e. The number of piperidine rings is 1. The summed E-state index contributed by atoms with van der Waals surface area (Å²) in [7, 11) is 4.33. The number of hydrogen-bond donors (Lipinski definition) is 1. The van der Waals surface area contributed by atoms with Crippen LogP contribution in [0.5, 0.6) is 0 Å². The SMILES string of the molecule is CC.CC.CNCC12CC(C)N(C)C1C2. The molecule has 2 aliphatic rings. The first kappa shape index (κ1) is 14.9. The van der Waals surface area contributed by atoms with Crippen molar-refractivity contribution in [2.45, 2.75) is 59.5 Å². The molecule has 1 saturated heterocycles. The lowest BCUT2D eigenvalue weighted by Crippen LogP contribution is -2.25. The molecule has 0 spiro atoms. The minimum atomic E-state index is 0.670. The van der Waals surface area contributed by atoms with Crippen LogP contribution >= 0.6 is 0 Å². The fourth-order valence-corrected chi connectivity index (χ4v) is 2.78. The highest BCUT2D eigenvalue weighted by molar-refractivity contribution is 5.16. The van der Waals surface area contributed by atoms with Gasteiger partial charge < -0.3 is 10.2 Å². The Bertz CT molecular complexity index is 170. The molecule has 3 atom stereocenters. The number of nitrogens with zero attached hydrogens (tertiary/aromatic N) is 1. The molecule has 1 saturated carbocycles. The monoisotopic (exact) mass is 214 g/mol. The van der Waals surface area contributed by atoms with Gasteiger partial charge in [-0.2, -0.15) is 0 Å². The van der Waals surface area contributed by atoms with Gasteiger partial charge in [0.15, 0.2) is 0 Å². The van der Waals surface area contributed by atoms with Crippen LogP contribution in [0.4, 0.5) is 0 Å². The van der Waals surface area contributed by atoms with Gasteiger partial charge in [-0.1, -0.05) is 27.7 Å². The smallest absolute Gasteiger partial charge is 0.0171 e. The molecule has 2 heteroatoms. The van der Waals surface area contributed by atoms with Crippen molar-refractivity contribution in [3.05, 3.63) is 0 Å². The van der Waals surface area contributed by atoms with E-state index in [1.807, 2.05) is 27.7 Å². The average molecular weight is 214 g/mol. The summed E-state index contributed by atoms with van der Waals surface area (Å²) < 4.78 is 0. The van der Waals surface area contributed by atoms with Crippen LogP contribution in [0.25, 0.3) is 0 Å². The number of hydrogen-bond acceptors (Lipinski definition) is 2. The number of nitrogens with one attached hydrogen (secondary N) is 1. The third-order valence-corrected chi connectivity index (χ3v) is 3.56. The van der Waals surface area contributed by atoms with E-state index in [1.54, 1.807) is 0 Å². The Hall–Kier alpha value is -0.0800. The quantitative estimate of drug-likeness (QED) is 0.760. The standard InChI is InChI=1S/C9H18N2.2C2H6/c1-7-4-9(6-10-2)5-8(9)11(7)3;2*1-2/h7-8,10H,4-6H2,1-3H3;2*1-2H3. The first-order valence-electron chi connectivity index (χ1n) is 6.56. The topological polar surface area (TPSA) is 15.3 Å². The Kier molecular flexibility index (Phi) is 6.46. The van der Waals surface area contributed by atoms with Crippen molar-refractivity contribution >= 4 is 0 Å². The van der Waals surface area contributed by atoms with Crippen molar-refractivity contribution in [1.82, 2.24) is 10.2 Å². The fraction of sp³-hybridized carbons (Fsp3) is 1.00. The van der Waals surface area contributed by atoms with Gasteiger partial charge in [0.05, 0.1) is 0 Å². The highest BCUT2D eigenvalue weighted by Gasteiger charge is 2.61. The molecule has 0 aromatic carbocycles. The molecule has 1 aliphatic carbocycles. The molecule has 2 fully saturated rings. The van der Waals surface area contributed by atoms with Crippen LogP contribution in [0.3, 0.4) is 0 Å². The Balaban J connectivity index is 0.000000442. The third kappa shape index (κ3) is 2.94. The number of likely N-dealkylation sites (tertiary alicyclic amines) is 1. The Labute approximate surface area is 96.4 Å². The Morgan fingerprint density at radius 2 is 1.73 bits per heavy atom. The third-order valence-electron chi connectivity index (χ3n) is 3.56. The van der Waals surface area contributed by atoms with Gasteiger partial charge in [-0.05, 0) is 33.9 Å². The molecule has 15 heavy (non-hydrogen) atoms. The van der Waals surface area contributed by atoms with Gasteiger partial charge in [0.2, 0.25) is 0 Å². The summed E-state index contributed by atoms with van der Waals surface area (Å²) in [6.45, 7) is 11.6. The molecule has 0 amide bonds. The Morgan fingerprint density at radius 3 is 2.07 bits per heavy atom. The molecular formula is C13H30N2. The fourth-order valence-electron chi connectivity index (χ4n) is 2.78. The Morgan fingerprint density at radius 1 is 1.20 bits per heavy atom. The molecule has 2 nitrogen and oxygen atoms in total. The van der Waals surface area contributed by atoms with Crippen molar-refractivity contribution in [3.63, 3.8) is 0 Å². The van der Waals surface area contributed by atoms with Crippen LogP contribution in [0, 0.1) is 5.41 Å². The van der Waals surface area contributed by atoms with Gasteiger partial charge in [-0.3, -0.25) is 0 Å². The van der Waals surface area contributed by atoms with Gasteiger partial charge in [0, 0.05) is 24.0 Å². The maximum Gasteiger partial charge on any atom is 0.0171 e. The van der Waals surface area contributed by atoms with E-state index in [-0.39, 0.29) is 0 Å². The summed E-state index contributed by atoms with van der Waals surface area (Å²) in [6.07, 6.45) is 2.82. The van der Waals surface area contributed by atoms with Crippen LogP contribution in [0.2, 0.25) is 0 Å². The van der Waals surface area contributed by atoms with E-state index >= 15 is 0 Å². The predicted octanol–water partition coefficient (Wildman–Crippen LogP) is 2.74. The van der Waals surface area contributed by atoms with Crippen molar-refractivity contribution in [3.8, 4) is 0 Å².